The highest BCUT2D eigenvalue weighted by Gasteiger charge is 2.18. The summed E-state index contributed by atoms with van der Waals surface area (Å²) in [4.78, 5) is 20.7. The van der Waals surface area contributed by atoms with Crippen LogP contribution in [0, 0.1) is 11.3 Å². The molecule has 4 aromatic rings. The van der Waals surface area contributed by atoms with E-state index in [1.165, 1.54) is 4.52 Å². The molecule has 0 amide bonds. The van der Waals surface area contributed by atoms with Gasteiger partial charge in [-0.15, -0.1) is 5.10 Å². The first-order chi connectivity index (χ1) is 13.2. The molecule has 0 atom stereocenters. The zero-order valence-corrected chi connectivity index (χ0v) is 14.2. The van der Waals surface area contributed by atoms with Crippen LogP contribution in [0.1, 0.15) is 27.3 Å². The highest BCUT2D eigenvalue weighted by atomic mass is 16.1. The van der Waals surface area contributed by atoms with E-state index in [9.17, 15) is 4.79 Å². The van der Waals surface area contributed by atoms with Crippen LogP contribution in [-0.4, -0.2) is 25.9 Å². The van der Waals surface area contributed by atoms with Crippen molar-refractivity contribution < 1.29 is 4.79 Å². The summed E-state index contributed by atoms with van der Waals surface area (Å²) in [6.07, 6.45) is 1.20. The molecule has 0 aliphatic heterocycles. The maximum atomic E-state index is 11.8. The first-order valence-electron chi connectivity index (χ1n) is 8.24. The quantitative estimate of drug-likeness (QED) is 0.564. The summed E-state index contributed by atoms with van der Waals surface area (Å²) in [5.74, 6) is 0.667. The van der Waals surface area contributed by atoms with Crippen LogP contribution in [0.5, 0.6) is 0 Å². The minimum atomic E-state index is 0.125. The van der Waals surface area contributed by atoms with Crippen LogP contribution in [0.3, 0.4) is 0 Å². The molecule has 27 heavy (non-hydrogen) atoms. The van der Waals surface area contributed by atoms with Gasteiger partial charge < -0.3 is 5.73 Å². The number of nitrogens with zero attached hydrogens (tertiary/aromatic N) is 5. The number of nitrogen functional groups attached to an aromatic ring is 1. The summed E-state index contributed by atoms with van der Waals surface area (Å²) < 4.78 is 1.37. The van der Waals surface area contributed by atoms with Crippen LogP contribution in [0.2, 0.25) is 0 Å². The summed E-state index contributed by atoms with van der Waals surface area (Å²) in [5, 5.41) is 13.5. The van der Waals surface area contributed by atoms with Crippen molar-refractivity contribution in [3.63, 3.8) is 0 Å². The van der Waals surface area contributed by atoms with Crippen molar-refractivity contribution in [2.24, 2.45) is 0 Å². The van der Waals surface area contributed by atoms with Crippen molar-refractivity contribution in [1.29, 1.82) is 5.26 Å². The third kappa shape index (κ3) is 3.00. The molecule has 0 unspecified atom stereocenters. The molecule has 130 valence electrons. The van der Waals surface area contributed by atoms with Gasteiger partial charge in [0.25, 0.3) is 0 Å². The number of aromatic nitrogens is 4. The van der Waals surface area contributed by atoms with Gasteiger partial charge in [-0.25, -0.2) is 9.97 Å². The molecule has 7 heteroatoms. The number of carbonyl (C=O) groups is 1. The fourth-order valence-corrected chi connectivity index (χ4v) is 2.93. The van der Waals surface area contributed by atoms with Crippen LogP contribution in [0.15, 0.2) is 54.6 Å². The Morgan fingerprint density at radius 1 is 1.11 bits per heavy atom. The number of nitriles is 1. The largest absolute Gasteiger partial charge is 0.368 e. The second-order valence-electron chi connectivity index (χ2n) is 5.97. The fourth-order valence-electron chi connectivity index (χ4n) is 2.93. The Morgan fingerprint density at radius 3 is 2.67 bits per heavy atom. The number of rotatable bonds is 4. The third-order valence-electron chi connectivity index (χ3n) is 4.18. The molecule has 7 nitrogen and oxygen atoms in total. The lowest BCUT2D eigenvalue weighted by atomic mass is 10.0. The Kier molecular flexibility index (Phi) is 4.07. The molecule has 0 bridgehead atoms. The molecule has 0 radical (unpaired) electrons. The fraction of sp³-hybridized carbons (Fsp3) is 0.0500. The first-order valence-corrected chi connectivity index (χ1v) is 8.24. The number of nitrogens with two attached hydrogens (primary N) is 1. The molecule has 0 aliphatic carbocycles. The minimum Gasteiger partial charge on any atom is -0.368 e. The summed E-state index contributed by atoms with van der Waals surface area (Å²) in [7, 11) is 0. The average Bonchev–Trinajstić information content (AvgIpc) is 3.13. The molecule has 2 N–H and O–H groups in total. The van der Waals surface area contributed by atoms with Crippen LogP contribution in [0.4, 0.5) is 5.95 Å². The van der Waals surface area contributed by atoms with E-state index >= 15 is 0 Å². The second-order valence-corrected chi connectivity index (χ2v) is 5.97. The van der Waals surface area contributed by atoms with Gasteiger partial charge in [-0.3, -0.25) is 4.79 Å². The zero-order valence-electron chi connectivity index (χ0n) is 14.2. The average molecular weight is 354 g/mol. The van der Waals surface area contributed by atoms with Gasteiger partial charge in [0.2, 0.25) is 5.95 Å². The van der Waals surface area contributed by atoms with E-state index in [-0.39, 0.29) is 11.5 Å². The Hall–Kier alpha value is -4.05. The van der Waals surface area contributed by atoms with Crippen molar-refractivity contribution >= 4 is 17.9 Å². The van der Waals surface area contributed by atoms with Crippen LogP contribution in [-0.2, 0) is 6.42 Å². The van der Waals surface area contributed by atoms with Gasteiger partial charge >= 0.3 is 0 Å². The van der Waals surface area contributed by atoms with E-state index in [2.05, 4.69) is 21.1 Å². The van der Waals surface area contributed by atoms with Gasteiger partial charge in [-0.2, -0.15) is 9.78 Å². The van der Waals surface area contributed by atoms with Gasteiger partial charge in [0, 0.05) is 12.0 Å². The van der Waals surface area contributed by atoms with E-state index in [0.717, 1.165) is 5.56 Å². The van der Waals surface area contributed by atoms with Crippen molar-refractivity contribution in [3.8, 4) is 17.3 Å². The summed E-state index contributed by atoms with van der Waals surface area (Å²) in [6, 6.07) is 18.7. The highest BCUT2D eigenvalue weighted by Crippen LogP contribution is 2.26. The van der Waals surface area contributed by atoms with Crippen LogP contribution < -0.4 is 5.73 Å². The van der Waals surface area contributed by atoms with E-state index in [0.29, 0.717) is 41.0 Å². The Balaban J connectivity index is 1.87. The number of benzene rings is 2. The number of anilines is 1. The molecule has 0 saturated carbocycles. The second kappa shape index (κ2) is 6.69. The Bertz CT molecular complexity index is 1190. The molecule has 2 aromatic carbocycles. The van der Waals surface area contributed by atoms with Gasteiger partial charge in [0.1, 0.15) is 0 Å². The summed E-state index contributed by atoms with van der Waals surface area (Å²) >= 11 is 0. The number of aldehydes is 1. The van der Waals surface area contributed by atoms with Crippen molar-refractivity contribution in [2.75, 3.05) is 5.73 Å². The topological polar surface area (TPSA) is 110 Å². The van der Waals surface area contributed by atoms with Crippen molar-refractivity contribution in [2.45, 2.75) is 6.42 Å². The van der Waals surface area contributed by atoms with E-state index in [1.54, 1.807) is 24.3 Å². The number of hydrogen-bond acceptors (Lipinski definition) is 6. The summed E-state index contributed by atoms with van der Waals surface area (Å²) in [6.45, 7) is 0. The predicted molar refractivity (Wildman–Crippen MR) is 100.0 cm³/mol. The molecule has 0 spiro atoms. The molecular formula is C20H14N6O. The van der Waals surface area contributed by atoms with Gasteiger partial charge in [-0.1, -0.05) is 42.5 Å². The minimum absolute atomic E-state index is 0.125. The predicted octanol–water partition coefficient (Wildman–Crippen LogP) is 2.65. The van der Waals surface area contributed by atoms with E-state index < -0.39 is 0 Å². The standard InChI is InChI=1S/C20H14N6O/c21-11-14-7-4-8-15(9-14)18-16(12-27)19-23-17(25-26(19)20(22)24-18)10-13-5-2-1-3-6-13/h1-9,12H,10H2,(H2,22,24). The lowest BCUT2D eigenvalue weighted by Gasteiger charge is -2.07. The molecule has 0 fully saturated rings. The molecule has 2 heterocycles. The van der Waals surface area contributed by atoms with Crippen molar-refractivity contribution in [3.05, 3.63) is 77.1 Å². The van der Waals surface area contributed by atoms with Crippen molar-refractivity contribution in [1.82, 2.24) is 19.6 Å². The maximum Gasteiger partial charge on any atom is 0.223 e. The maximum absolute atomic E-state index is 11.8. The van der Waals surface area contributed by atoms with E-state index in [4.69, 9.17) is 11.0 Å². The third-order valence-corrected chi connectivity index (χ3v) is 4.18. The number of carbonyl (C=O) groups excluding carboxylic acids is 1. The first kappa shape index (κ1) is 16.4. The van der Waals surface area contributed by atoms with E-state index in [1.807, 2.05) is 30.3 Å². The van der Waals surface area contributed by atoms with Gasteiger partial charge in [-0.05, 0) is 17.7 Å². The lowest BCUT2D eigenvalue weighted by Crippen LogP contribution is -2.07. The van der Waals surface area contributed by atoms with Gasteiger partial charge in [0.05, 0.1) is 22.9 Å². The Labute approximate surface area is 154 Å². The molecule has 2 aromatic heterocycles. The molecule has 0 aliphatic rings. The van der Waals surface area contributed by atoms with Crippen LogP contribution in [0.25, 0.3) is 16.9 Å². The lowest BCUT2D eigenvalue weighted by molar-refractivity contribution is 0.112. The SMILES string of the molecule is N#Cc1cccc(-c2nc(N)n3nc(Cc4ccccc4)nc3c2C=O)c1. The normalized spacial score (nSPS) is 10.6. The summed E-state index contributed by atoms with van der Waals surface area (Å²) in [5.41, 5.74) is 9.22. The molecular weight excluding hydrogens is 340 g/mol. The Morgan fingerprint density at radius 2 is 1.93 bits per heavy atom. The van der Waals surface area contributed by atoms with Gasteiger partial charge in [0.15, 0.2) is 17.8 Å². The zero-order chi connectivity index (χ0) is 18.8. The number of hydrogen-bond donors (Lipinski definition) is 1. The van der Waals surface area contributed by atoms with Crippen LogP contribution >= 0.6 is 0 Å². The highest BCUT2D eigenvalue weighted by molar-refractivity contribution is 5.93. The number of fused-ring (bicyclic) bond motifs is 1. The molecule has 0 saturated heterocycles. The smallest absolute Gasteiger partial charge is 0.223 e. The molecule has 4 rings (SSSR count). The monoisotopic (exact) mass is 354 g/mol.